The number of alkyl halides is 1. The summed E-state index contributed by atoms with van der Waals surface area (Å²) in [4.78, 5) is 0. The van der Waals surface area contributed by atoms with Crippen molar-refractivity contribution < 1.29 is 4.74 Å². The van der Waals surface area contributed by atoms with Crippen molar-refractivity contribution in [3.8, 4) is 5.75 Å². The van der Waals surface area contributed by atoms with E-state index < -0.39 is 0 Å². The van der Waals surface area contributed by atoms with Crippen molar-refractivity contribution in [2.75, 3.05) is 12.4 Å². The van der Waals surface area contributed by atoms with Gasteiger partial charge < -0.3 is 10.1 Å². The highest BCUT2D eigenvalue weighted by Crippen LogP contribution is 2.19. The molecular weight excluding hydrogens is 246 g/mol. The summed E-state index contributed by atoms with van der Waals surface area (Å²) < 4.78 is 5.32. The van der Waals surface area contributed by atoms with Crippen LogP contribution in [0.2, 0.25) is 0 Å². The van der Waals surface area contributed by atoms with Gasteiger partial charge in [0.05, 0.1) is 7.11 Å². The Bertz CT molecular complexity index is 513. The molecule has 0 aromatic heterocycles. The van der Waals surface area contributed by atoms with Crippen LogP contribution < -0.4 is 10.1 Å². The van der Waals surface area contributed by atoms with Crippen LogP contribution in [0.25, 0.3) is 0 Å². The molecule has 0 saturated carbocycles. The van der Waals surface area contributed by atoms with E-state index >= 15 is 0 Å². The number of benzene rings is 2. The van der Waals surface area contributed by atoms with Gasteiger partial charge in [0, 0.05) is 23.7 Å². The zero-order valence-electron chi connectivity index (χ0n) is 10.3. The molecule has 0 saturated heterocycles. The molecule has 0 aliphatic carbocycles. The van der Waals surface area contributed by atoms with Crippen LogP contribution in [-0.2, 0) is 12.4 Å². The zero-order valence-corrected chi connectivity index (χ0v) is 11.1. The van der Waals surface area contributed by atoms with Crippen molar-refractivity contribution in [3.63, 3.8) is 0 Å². The molecule has 0 spiro atoms. The second-order valence-corrected chi connectivity index (χ2v) is 4.27. The predicted molar refractivity (Wildman–Crippen MR) is 76.3 cm³/mol. The Kier molecular flexibility index (Phi) is 4.48. The van der Waals surface area contributed by atoms with Crippen LogP contribution in [-0.4, -0.2) is 7.11 Å². The molecule has 0 bridgehead atoms. The molecule has 2 aromatic carbocycles. The van der Waals surface area contributed by atoms with Gasteiger partial charge in [0.25, 0.3) is 0 Å². The van der Waals surface area contributed by atoms with Gasteiger partial charge in [-0.3, -0.25) is 0 Å². The summed E-state index contributed by atoms with van der Waals surface area (Å²) in [5.74, 6) is 1.43. The van der Waals surface area contributed by atoms with Gasteiger partial charge in [0.15, 0.2) is 0 Å². The van der Waals surface area contributed by atoms with E-state index in [4.69, 9.17) is 16.3 Å². The third-order valence-corrected chi connectivity index (χ3v) is 3.07. The average molecular weight is 262 g/mol. The second kappa shape index (κ2) is 6.31. The third kappa shape index (κ3) is 3.17. The zero-order chi connectivity index (χ0) is 12.8. The maximum absolute atomic E-state index is 5.82. The quantitative estimate of drug-likeness (QED) is 0.820. The Hall–Kier alpha value is -1.67. The van der Waals surface area contributed by atoms with E-state index in [1.54, 1.807) is 7.11 Å². The van der Waals surface area contributed by atoms with Gasteiger partial charge in [-0.15, -0.1) is 11.6 Å². The van der Waals surface area contributed by atoms with Gasteiger partial charge in [0.1, 0.15) is 5.75 Å². The smallest absolute Gasteiger partial charge is 0.123 e. The molecule has 94 valence electrons. The molecule has 0 heterocycles. The van der Waals surface area contributed by atoms with E-state index in [0.29, 0.717) is 5.88 Å². The SMILES string of the molecule is COc1ccccc1CNc1cccc(CCl)c1. The molecule has 0 fully saturated rings. The minimum Gasteiger partial charge on any atom is -0.496 e. The van der Waals surface area contributed by atoms with E-state index in [1.807, 2.05) is 36.4 Å². The predicted octanol–water partition coefficient (Wildman–Crippen LogP) is 4.05. The Morgan fingerprint density at radius 3 is 2.72 bits per heavy atom. The third-order valence-electron chi connectivity index (χ3n) is 2.76. The summed E-state index contributed by atoms with van der Waals surface area (Å²) in [7, 11) is 1.69. The highest BCUT2D eigenvalue weighted by molar-refractivity contribution is 6.17. The number of halogens is 1. The molecule has 0 unspecified atom stereocenters. The van der Waals surface area contributed by atoms with E-state index in [1.165, 1.54) is 0 Å². The second-order valence-electron chi connectivity index (χ2n) is 4.00. The first-order valence-electron chi connectivity index (χ1n) is 5.84. The Balaban J connectivity index is 2.06. The summed E-state index contributed by atoms with van der Waals surface area (Å²) in [6.45, 7) is 0.732. The van der Waals surface area contributed by atoms with Gasteiger partial charge >= 0.3 is 0 Å². The minimum atomic E-state index is 0.532. The Morgan fingerprint density at radius 2 is 1.94 bits per heavy atom. The maximum atomic E-state index is 5.82. The first-order valence-corrected chi connectivity index (χ1v) is 6.37. The summed E-state index contributed by atoms with van der Waals surface area (Å²) in [5, 5.41) is 3.37. The normalized spacial score (nSPS) is 10.1. The standard InChI is InChI=1S/C15H16ClNO/c1-18-15-8-3-2-6-13(15)11-17-14-7-4-5-12(9-14)10-16/h2-9,17H,10-11H2,1H3. The summed E-state index contributed by atoms with van der Waals surface area (Å²) in [6, 6.07) is 16.1. The minimum absolute atomic E-state index is 0.532. The van der Waals surface area contributed by atoms with Gasteiger partial charge in [-0.2, -0.15) is 0 Å². The Labute approximate surface area is 113 Å². The number of hydrogen-bond donors (Lipinski definition) is 1. The first kappa shape index (κ1) is 12.8. The van der Waals surface area contributed by atoms with Gasteiger partial charge in [-0.05, 0) is 23.8 Å². The molecule has 0 amide bonds. The van der Waals surface area contributed by atoms with Crippen molar-refractivity contribution in [1.29, 1.82) is 0 Å². The fourth-order valence-electron chi connectivity index (χ4n) is 1.81. The van der Waals surface area contributed by atoms with Crippen LogP contribution in [0, 0.1) is 0 Å². The highest BCUT2D eigenvalue weighted by Gasteiger charge is 2.01. The molecule has 0 atom stereocenters. The van der Waals surface area contributed by atoms with Gasteiger partial charge in [-0.25, -0.2) is 0 Å². The van der Waals surface area contributed by atoms with E-state index in [9.17, 15) is 0 Å². The number of ether oxygens (including phenoxy) is 1. The topological polar surface area (TPSA) is 21.3 Å². The fraction of sp³-hybridized carbons (Fsp3) is 0.200. The van der Waals surface area contributed by atoms with Crippen LogP contribution in [0.5, 0.6) is 5.75 Å². The number of rotatable bonds is 5. The fourth-order valence-corrected chi connectivity index (χ4v) is 1.98. The van der Waals surface area contributed by atoms with Crippen molar-refractivity contribution in [2.45, 2.75) is 12.4 Å². The molecular formula is C15H16ClNO. The van der Waals surface area contributed by atoms with Gasteiger partial charge in [-0.1, -0.05) is 30.3 Å². The molecule has 2 aromatic rings. The van der Waals surface area contributed by atoms with Gasteiger partial charge in [0.2, 0.25) is 0 Å². The Morgan fingerprint density at radius 1 is 1.11 bits per heavy atom. The van der Waals surface area contributed by atoms with Crippen LogP contribution >= 0.6 is 11.6 Å². The van der Waals surface area contributed by atoms with Crippen LogP contribution in [0.4, 0.5) is 5.69 Å². The lowest BCUT2D eigenvalue weighted by atomic mass is 10.2. The summed E-state index contributed by atoms with van der Waals surface area (Å²) in [6.07, 6.45) is 0. The van der Waals surface area contributed by atoms with Crippen LogP contribution in [0.15, 0.2) is 48.5 Å². The summed E-state index contributed by atoms with van der Waals surface area (Å²) in [5.41, 5.74) is 3.32. The monoisotopic (exact) mass is 261 g/mol. The lowest BCUT2D eigenvalue weighted by Crippen LogP contribution is -2.01. The van der Waals surface area contributed by atoms with Crippen LogP contribution in [0.3, 0.4) is 0 Å². The maximum Gasteiger partial charge on any atom is 0.123 e. The molecule has 0 aliphatic rings. The molecule has 18 heavy (non-hydrogen) atoms. The number of methoxy groups -OCH3 is 1. The molecule has 3 heteroatoms. The van der Waals surface area contributed by atoms with Crippen molar-refractivity contribution in [2.24, 2.45) is 0 Å². The van der Waals surface area contributed by atoms with E-state index in [0.717, 1.165) is 29.1 Å². The number of nitrogens with one attached hydrogen (secondary N) is 1. The number of para-hydroxylation sites is 1. The molecule has 0 radical (unpaired) electrons. The molecule has 2 rings (SSSR count). The average Bonchev–Trinajstić information content (AvgIpc) is 2.45. The lowest BCUT2D eigenvalue weighted by molar-refractivity contribution is 0.410. The molecule has 1 N–H and O–H groups in total. The van der Waals surface area contributed by atoms with Crippen molar-refractivity contribution in [1.82, 2.24) is 0 Å². The van der Waals surface area contributed by atoms with E-state index in [2.05, 4.69) is 17.4 Å². The number of anilines is 1. The van der Waals surface area contributed by atoms with Crippen molar-refractivity contribution in [3.05, 3.63) is 59.7 Å². The lowest BCUT2D eigenvalue weighted by Gasteiger charge is -2.11. The largest absolute Gasteiger partial charge is 0.496 e. The molecule has 0 aliphatic heterocycles. The van der Waals surface area contributed by atoms with Crippen molar-refractivity contribution >= 4 is 17.3 Å². The first-order chi connectivity index (χ1) is 8.83. The van der Waals surface area contributed by atoms with E-state index in [-0.39, 0.29) is 0 Å². The van der Waals surface area contributed by atoms with Crippen LogP contribution in [0.1, 0.15) is 11.1 Å². The number of hydrogen-bond acceptors (Lipinski definition) is 2. The highest BCUT2D eigenvalue weighted by atomic mass is 35.5. The summed E-state index contributed by atoms with van der Waals surface area (Å²) >= 11 is 5.82. The molecule has 2 nitrogen and oxygen atoms in total.